The van der Waals surface area contributed by atoms with Crippen molar-refractivity contribution in [3.8, 4) is 6.07 Å². The molecule has 0 heterocycles. The number of ether oxygens (including phenoxy) is 1. The molecular weight excluding hydrogens is 311 g/mol. The lowest BCUT2D eigenvalue weighted by Gasteiger charge is -2.20. The van der Waals surface area contributed by atoms with Gasteiger partial charge in [-0.1, -0.05) is 0 Å². The molecule has 1 fully saturated rings. The molecule has 0 spiro atoms. The smallest absolute Gasteiger partial charge is 0.161 e. The summed E-state index contributed by atoms with van der Waals surface area (Å²) in [4.78, 5) is 1.80. The maximum atomic E-state index is 14.1. The predicted octanol–water partition coefficient (Wildman–Crippen LogP) is 3.32. The molecule has 0 N–H and O–H groups in total. The van der Waals surface area contributed by atoms with Gasteiger partial charge < -0.3 is 9.64 Å². The van der Waals surface area contributed by atoms with E-state index in [9.17, 15) is 4.39 Å². The maximum absolute atomic E-state index is 14.1. The lowest BCUT2D eigenvalue weighted by Crippen LogP contribution is -2.24. The van der Waals surface area contributed by atoms with Gasteiger partial charge in [0, 0.05) is 20.2 Å². The van der Waals surface area contributed by atoms with Gasteiger partial charge in [-0.3, -0.25) is 0 Å². The Kier molecular flexibility index (Phi) is 4.78. The second-order valence-corrected chi connectivity index (χ2v) is 5.60. The van der Waals surface area contributed by atoms with Crippen molar-refractivity contribution in [3.05, 3.63) is 28.0 Å². The molecule has 1 aliphatic carbocycles. The van der Waals surface area contributed by atoms with E-state index in [0.29, 0.717) is 24.4 Å². The van der Waals surface area contributed by atoms with E-state index in [1.54, 1.807) is 17.0 Å². The van der Waals surface area contributed by atoms with Crippen LogP contribution in [-0.4, -0.2) is 26.8 Å². The Morgan fingerprint density at radius 2 is 2.26 bits per heavy atom. The van der Waals surface area contributed by atoms with Crippen LogP contribution in [0.15, 0.2) is 16.6 Å². The zero-order valence-corrected chi connectivity index (χ0v) is 12.4. The predicted molar refractivity (Wildman–Crippen MR) is 75.6 cm³/mol. The van der Waals surface area contributed by atoms with Gasteiger partial charge in [-0.25, -0.2) is 4.39 Å². The highest BCUT2D eigenvalue weighted by atomic mass is 79.9. The standard InChI is InChI=1S/C14H16BrFN2O/c1-18(6-7-19-9-10-2-3-10)12-5-4-11(8-17)13(15)14(12)16/h4-5,10H,2-3,6-7,9H2,1H3. The van der Waals surface area contributed by atoms with E-state index in [2.05, 4.69) is 15.9 Å². The molecule has 0 saturated heterocycles. The topological polar surface area (TPSA) is 36.3 Å². The summed E-state index contributed by atoms with van der Waals surface area (Å²) < 4.78 is 19.8. The highest BCUT2D eigenvalue weighted by Crippen LogP contribution is 2.29. The summed E-state index contributed by atoms with van der Waals surface area (Å²) in [5.41, 5.74) is 0.778. The van der Waals surface area contributed by atoms with E-state index in [1.165, 1.54) is 12.8 Å². The van der Waals surface area contributed by atoms with Gasteiger partial charge in [0.25, 0.3) is 0 Å². The molecule has 5 heteroatoms. The fraction of sp³-hybridized carbons (Fsp3) is 0.500. The van der Waals surface area contributed by atoms with E-state index < -0.39 is 5.82 Å². The Balaban J connectivity index is 1.92. The maximum Gasteiger partial charge on any atom is 0.161 e. The van der Waals surface area contributed by atoms with Crippen molar-refractivity contribution in [2.45, 2.75) is 12.8 Å². The molecule has 102 valence electrons. The third-order valence-electron chi connectivity index (χ3n) is 3.22. The highest BCUT2D eigenvalue weighted by Gasteiger charge is 2.21. The van der Waals surface area contributed by atoms with E-state index in [1.807, 2.05) is 13.1 Å². The first-order chi connectivity index (χ1) is 9.13. The monoisotopic (exact) mass is 326 g/mol. The molecule has 1 aromatic carbocycles. The number of benzene rings is 1. The lowest BCUT2D eigenvalue weighted by atomic mass is 10.2. The van der Waals surface area contributed by atoms with Gasteiger partial charge in [-0.2, -0.15) is 5.26 Å². The molecule has 0 bridgehead atoms. The van der Waals surface area contributed by atoms with Crippen LogP contribution in [0, 0.1) is 23.1 Å². The van der Waals surface area contributed by atoms with Gasteiger partial charge in [0.15, 0.2) is 5.82 Å². The first-order valence-corrected chi connectivity index (χ1v) is 7.09. The molecular formula is C14H16BrFN2O. The van der Waals surface area contributed by atoms with Crippen molar-refractivity contribution in [2.24, 2.45) is 5.92 Å². The third kappa shape index (κ3) is 3.68. The molecule has 0 radical (unpaired) electrons. The number of anilines is 1. The van der Waals surface area contributed by atoms with Crippen LogP contribution < -0.4 is 4.90 Å². The van der Waals surface area contributed by atoms with Crippen molar-refractivity contribution >= 4 is 21.6 Å². The van der Waals surface area contributed by atoms with Crippen molar-refractivity contribution in [3.63, 3.8) is 0 Å². The Labute approximate surface area is 121 Å². The van der Waals surface area contributed by atoms with Crippen LogP contribution in [0.1, 0.15) is 18.4 Å². The molecule has 1 saturated carbocycles. The summed E-state index contributed by atoms with van der Waals surface area (Å²) in [5, 5.41) is 8.82. The molecule has 0 unspecified atom stereocenters. The molecule has 0 amide bonds. The van der Waals surface area contributed by atoms with Crippen molar-refractivity contribution < 1.29 is 9.13 Å². The molecule has 2 rings (SSSR count). The average Bonchev–Trinajstić information content (AvgIpc) is 3.21. The van der Waals surface area contributed by atoms with Crippen LogP contribution in [0.2, 0.25) is 0 Å². The zero-order chi connectivity index (χ0) is 13.8. The molecule has 0 atom stereocenters. The Bertz CT molecular complexity index is 497. The number of nitriles is 1. The van der Waals surface area contributed by atoms with Crippen molar-refractivity contribution in [2.75, 3.05) is 31.7 Å². The summed E-state index contributed by atoms with van der Waals surface area (Å²) >= 11 is 3.11. The fourth-order valence-corrected chi connectivity index (χ4v) is 2.20. The number of hydrogen-bond acceptors (Lipinski definition) is 3. The van der Waals surface area contributed by atoms with Gasteiger partial charge in [0.2, 0.25) is 0 Å². The molecule has 1 aromatic rings. The Morgan fingerprint density at radius 1 is 1.53 bits per heavy atom. The lowest BCUT2D eigenvalue weighted by molar-refractivity contribution is 0.131. The number of nitrogens with zero attached hydrogens (tertiary/aromatic N) is 2. The molecule has 3 nitrogen and oxygen atoms in total. The van der Waals surface area contributed by atoms with E-state index in [4.69, 9.17) is 10.00 Å². The number of hydrogen-bond donors (Lipinski definition) is 0. The first-order valence-electron chi connectivity index (χ1n) is 6.30. The van der Waals surface area contributed by atoms with Gasteiger partial charge in [0.05, 0.1) is 22.3 Å². The van der Waals surface area contributed by atoms with Crippen LogP contribution in [-0.2, 0) is 4.74 Å². The fourth-order valence-electron chi connectivity index (χ4n) is 1.78. The second kappa shape index (κ2) is 6.36. The zero-order valence-electron chi connectivity index (χ0n) is 10.8. The van der Waals surface area contributed by atoms with Crippen LogP contribution >= 0.6 is 15.9 Å². The third-order valence-corrected chi connectivity index (χ3v) is 3.99. The Hall–Kier alpha value is -1.12. The van der Waals surface area contributed by atoms with E-state index in [0.717, 1.165) is 12.5 Å². The molecule has 1 aliphatic rings. The largest absolute Gasteiger partial charge is 0.379 e. The summed E-state index contributed by atoms with van der Waals surface area (Å²) in [6, 6.07) is 5.18. The van der Waals surface area contributed by atoms with Gasteiger partial charge in [-0.05, 0) is 46.8 Å². The van der Waals surface area contributed by atoms with Gasteiger partial charge >= 0.3 is 0 Å². The minimum absolute atomic E-state index is 0.221. The van der Waals surface area contributed by atoms with Crippen LogP contribution in [0.4, 0.5) is 10.1 Å². The Morgan fingerprint density at radius 3 is 2.89 bits per heavy atom. The van der Waals surface area contributed by atoms with Gasteiger partial charge in [-0.15, -0.1) is 0 Å². The molecule has 19 heavy (non-hydrogen) atoms. The van der Waals surface area contributed by atoms with Gasteiger partial charge in [0.1, 0.15) is 6.07 Å². The van der Waals surface area contributed by atoms with E-state index in [-0.39, 0.29) is 4.47 Å². The quantitative estimate of drug-likeness (QED) is 0.752. The first kappa shape index (κ1) is 14.3. The summed E-state index contributed by atoms with van der Waals surface area (Å²) in [5.74, 6) is 0.342. The number of likely N-dealkylation sites (N-methyl/N-ethyl adjacent to an activating group) is 1. The average molecular weight is 327 g/mol. The van der Waals surface area contributed by atoms with Crippen LogP contribution in [0.5, 0.6) is 0 Å². The summed E-state index contributed by atoms with van der Waals surface area (Å²) in [6.07, 6.45) is 2.54. The van der Waals surface area contributed by atoms with Crippen LogP contribution in [0.25, 0.3) is 0 Å². The summed E-state index contributed by atoms with van der Waals surface area (Å²) in [7, 11) is 1.82. The second-order valence-electron chi connectivity index (χ2n) is 4.81. The van der Waals surface area contributed by atoms with Crippen molar-refractivity contribution in [1.29, 1.82) is 5.26 Å². The minimum Gasteiger partial charge on any atom is -0.379 e. The SMILES string of the molecule is CN(CCOCC1CC1)c1ccc(C#N)c(Br)c1F. The van der Waals surface area contributed by atoms with Crippen molar-refractivity contribution in [1.82, 2.24) is 0 Å². The highest BCUT2D eigenvalue weighted by molar-refractivity contribution is 9.10. The number of rotatable bonds is 6. The molecule has 0 aromatic heterocycles. The minimum atomic E-state index is -0.399. The molecule has 0 aliphatic heterocycles. The van der Waals surface area contributed by atoms with Crippen LogP contribution in [0.3, 0.4) is 0 Å². The normalized spacial score (nSPS) is 14.2. The number of halogens is 2. The summed E-state index contributed by atoms with van der Waals surface area (Å²) in [6.45, 7) is 2.03. The van der Waals surface area contributed by atoms with E-state index >= 15 is 0 Å².